The van der Waals surface area contributed by atoms with Crippen LogP contribution in [0.2, 0.25) is 0 Å². The maximum Gasteiger partial charge on any atom is 0.460 e. The first-order valence-electron chi connectivity index (χ1n) is 7.81. The van der Waals surface area contributed by atoms with Crippen molar-refractivity contribution in [3.8, 4) is 0 Å². The van der Waals surface area contributed by atoms with Crippen LogP contribution in [0.25, 0.3) is 0 Å². The van der Waals surface area contributed by atoms with Gasteiger partial charge in [0.05, 0.1) is 0 Å². The fourth-order valence-corrected chi connectivity index (χ4v) is 2.34. The van der Waals surface area contributed by atoms with Crippen LogP contribution in [0.15, 0.2) is 34.3 Å². The third-order valence-corrected chi connectivity index (χ3v) is 3.97. The quantitative estimate of drug-likeness (QED) is 0.332. The van der Waals surface area contributed by atoms with Crippen LogP contribution < -0.4 is 0 Å². The highest BCUT2D eigenvalue weighted by Crippen LogP contribution is 2.49. The third-order valence-electron chi connectivity index (χ3n) is 3.97. The Labute approximate surface area is 169 Å². The zero-order valence-corrected chi connectivity index (χ0v) is 15.5. The summed E-state index contributed by atoms with van der Waals surface area (Å²) in [7, 11) is 0.807. The molecule has 0 saturated heterocycles. The summed E-state index contributed by atoms with van der Waals surface area (Å²) >= 11 is 0. The number of benzene rings is 1. The number of alkyl halides is 14. The molecule has 0 aliphatic carbocycles. The van der Waals surface area contributed by atoms with Crippen molar-refractivity contribution in [2.24, 2.45) is 9.98 Å². The van der Waals surface area contributed by atoms with Crippen molar-refractivity contribution in [2.45, 2.75) is 36.0 Å². The van der Waals surface area contributed by atoms with E-state index in [2.05, 4.69) is 9.98 Å². The molecule has 16 heteroatoms. The smallest absolute Gasteiger partial charge is 0.286 e. The second kappa shape index (κ2) is 8.17. The van der Waals surface area contributed by atoms with Crippen molar-refractivity contribution >= 4 is 11.4 Å². The topological polar surface area (TPSA) is 24.7 Å². The second-order valence-corrected chi connectivity index (χ2v) is 6.01. The first-order valence-corrected chi connectivity index (χ1v) is 7.81. The van der Waals surface area contributed by atoms with E-state index in [1.807, 2.05) is 0 Å². The van der Waals surface area contributed by atoms with Crippen molar-refractivity contribution < 1.29 is 61.5 Å². The Morgan fingerprint density at radius 3 is 0.875 bits per heavy atom. The number of hydrogen-bond donors (Lipinski definition) is 0. The SMILES string of the molecule is CN=C(c1ccc(C(=NC)C(F)(F)C(F)(F)C(F)(F)F)cc1)C(F)(F)C(F)(F)C(F)(F)F. The molecule has 0 amide bonds. The molecule has 0 unspecified atom stereocenters. The molecule has 2 nitrogen and oxygen atoms in total. The zero-order chi connectivity index (χ0) is 25.6. The summed E-state index contributed by atoms with van der Waals surface area (Å²) in [6.45, 7) is 0. The molecule has 0 fully saturated rings. The lowest BCUT2D eigenvalue weighted by Gasteiger charge is -2.30. The molecule has 0 N–H and O–H groups in total. The van der Waals surface area contributed by atoms with E-state index in [1.54, 1.807) is 0 Å². The summed E-state index contributed by atoms with van der Waals surface area (Å²) in [5, 5.41) is 0. The molecule has 0 bridgehead atoms. The standard InChI is InChI=1S/C16H10F14N2/c1-31-9(11(17,18)13(21,22)15(25,26)27)7-3-5-8(6-4-7)10(32-2)12(19,20)14(23,24)16(28,29)30/h3-6H,1-2H3. The average molecular weight is 496 g/mol. The molecule has 1 rings (SSSR count). The van der Waals surface area contributed by atoms with Gasteiger partial charge in [-0.05, 0) is 0 Å². The summed E-state index contributed by atoms with van der Waals surface area (Å²) in [5.41, 5.74) is -6.69. The molecule has 0 atom stereocenters. The zero-order valence-electron chi connectivity index (χ0n) is 15.5. The van der Waals surface area contributed by atoms with E-state index in [1.165, 1.54) is 0 Å². The van der Waals surface area contributed by atoms with Crippen LogP contribution in [0.5, 0.6) is 0 Å². The fraction of sp³-hybridized carbons (Fsp3) is 0.500. The van der Waals surface area contributed by atoms with Gasteiger partial charge in [-0.3, -0.25) is 9.98 Å². The molecule has 0 spiro atoms. The van der Waals surface area contributed by atoms with Crippen LogP contribution in [-0.4, -0.2) is 61.6 Å². The van der Waals surface area contributed by atoms with Gasteiger partial charge in [0.15, 0.2) is 0 Å². The van der Waals surface area contributed by atoms with Gasteiger partial charge in [0.25, 0.3) is 0 Å². The molecule has 0 radical (unpaired) electrons. The monoisotopic (exact) mass is 496 g/mol. The van der Waals surface area contributed by atoms with Crippen molar-refractivity contribution in [3.63, 3.8) is 0 Å². The van der Waals surface area contributed by atoms with Crippen LogP contribution in [-0.2, 0) is 0 Å². The van der Waals surface area contributed by atoms with Crippen LogP contribution >= 0.6 is 0 Å². The summed E-state index contributed by atoms with van der Waals surface area (Å²) in [6, 6.07) is 0.798. The lowest BCUT2D eigenvalue weighted by atomic mass is 9.94. The fourth-order valence-electron chi connectivity index (χ4n) is 2.34. The third kappa shape index (κ3) is 4.27. The number of aliphatic imine (C=N–C) groups is 2. The summed E-state index contributed by atoms with van der Waals surface area (Å²) in [6.07, 6.45) is -13.4. The van der Waals surface area contributed by atoms with E-state index in [-0.39, 0.29) is 24.3 Å². The molecule has 0 heterocycles. The predicted octanol–water partition coefficient (Wildman–Crippen LogP) is 6.19. The molecule has 1 aromatic carbocycles. The van der Waals surface area contributed by atoms with Crippen molar-refractivity contribution in [1.29, 1.82) is 0 Å². The van der Waals surface area contributed by atoms with Crippen LogP contribution in [0.1, 0.15) is 11.1 Å². The Bertz CT molecular complexity index is 802. The molecule has 1 aromatic rings. The Kier molecular flexibility index (Phi) is 7.05. The van der Waals surface area contributed by atoms with Gasteiger partial charge in [-0.2, -0.15) is 61.5 Å². The van der Waals surface area contributed by atoms with E-state index >= 15 is 0 Å². The Balaban J connectivity index is 3.50. The first kappa shape index (κ1) is 27.6. The van der Waals surface area contributed by atoms with E-state index in [0.29, 0.717) is 14.1 Å². The molecule has 0 aromatic heterocycles. The van der Waals surface area contributed by atoms with Crippen LogP contribution in [0.3, 0.4) is 0 Å². The largest absolute Gasteiger partial charge is 0.460 e. The van der Waals surface area contributed by atoms with E-state index in [4.69, 9.17) is 0 Å². The predicted molar refractivity (Wildman–Crippen MR) is 83.3 cm³/mol. The second-order valence-electron chi connectivity index (χ2n) is 6.01. The van der Waals surface area contributed by atoms with Gasteiger partial charge in [0, 0.05) is 25.2 Å². The van der Waals surface area contributed by atoms with Gasteiger partial charge < -0.3 is 0 Å². The molecular formula is C16H10F14N2. The van der Waals surface area contributed by atoms with Gasteiger partial charge in [-0.15, -0.1) is 0 Å². The minimum atomic E-state index is -6.72. The molecule has 0 saturated carbocycles. The molecule has 0 aliphatic heterocycles. The lowest BCUT2D eigenvalue weighted by molar-refractivity contribution is -0.336. The number of hydrogen-bond acceptors (Lipinski definition) is 2. The van der Waals surface area contributed by atoms with Gasteiger partial charge in [0.2, 0.25) is 0 Å². The van der Waals surface area contributed by atoms with E-state index in [0.717, 1.165) is 0 Å². The molecule has 182 valence electrons. The first-order chi connectivity index (χ1) is 14.1. The number of nitrogens with zero attached hydrogens (tertiary/aromatic N) is 2. The van der Waals surface area contributed by atoms with Crippen LogP contribution in [0, 0.1) is 0 Å². The highest BCUT2D eigenvalue weighted by atomic mass is 19.4. The summed E-state index contributed by atoms with van der Waals surface area (Å²) in [5.74, 6) is -25.2. The maximum absolute atomic E-state index is 13.9. The van der Waals surface area contributed by atoms with E-state index in [9.17, 15) is 61.5 Å². The van der Waals surface area contributed by atoms with Crippen molar-refractivity contribution in [3.05, 3.63) is 35.4 Å². The van der Waals surface area contributed by atoms with Gasteiger partial charge in [-0.1, -0.05) is 24.3 Å². The highest BCUT2D eigenvalue weighted by Gasteiger charge is 2.76. The normalized spacial score (nSPS) is 15.9. The number of halogens is 14. The molecular weight excluding hydrogens is 486 g/mol. The summed E-state index contributed by atoms with van der Waals surface area (Å²) < 4.78 is 183. The van der Waals surface area contributed by atoms with Crippen molar-refractivity contribution in [1.82, 2.24) is 0 Å². The maximum atomic E-state index is 13.9. The highest BCUT2D eigenvalue weighted by molar-refractivity contribution is 6.09. The number of rotatable bonds is 6. The van der Waals surface area contributed by atoms with Gasteiger partial charge in [0.1, 0.15) is 11.4 Å². The Morgan fingerprint density at radius 2 is 0.719 bits per heavy atom. The van der Waals surface area contributed by atoms with E-state index < -0.39 is 58.6 Å². The van der Waals surface area contributed by atoms with Gasteiger partial charge in [-0.25, -0.2) is 0 Å². The Hall–Kier alpha value is -2.42. The lowest BCUT2D eigenvalue weighted by Crippen LogP contribution is -2.56. The van der Waals surface area contributed by atoms with Crippen LogP contribution in [0.4, 0.5) is 61.5 Å². The summed E-state index contributed by atoms with van der Waals surface area (Å²) in [4.78, 5) is 5.33. The minimum absolute atomic E-state index is 0.199. The van der Waals surface area contributed by atoms with Crippen molar-refractivity contribution in [2.75, 3.05) is 14.1 Å². The Morgan fingerprint density at radius 1 is 0.500 bits per heavy atom. The molecule has 0 aliphatic rings. The average Bonchev–Trinajstić information content (AvgIpc) is 2.61. The minimum Gasteiger partial charge on any atom is -0.286 e. The van der Waals surface area contributed by atoms with Gasteiger partial charge >= 0.3 is 36.0 Å². The molecule has 32 heavy (non-hydrogen) atoms.